The van der Waals surface area contributed by atoms with E-state index in [0.717, 1.165) is 24.3 Å². The van der Waals surface area contributed by atoms with Crippen LogP contribution in [0.4, 0.5) is 5.69 Å². The molecule has 25 heavy (non-hydrogen) atoms. The molecule has 0 unspecified atom stereocenters. The molecule has 1 saturated carbocycles. The Morgan fingerprint density at radius 2 is 1.84 bits per heavy atom. The molecule has 0 radical (unpaired) electrons. The first-order valence-electron chi connectivity index (χ1n) is 9.40. The minimum absolute atomic E-state index is 0.0151. The van der Waals surface area contributed by atoms with E-state index in [1.54, 1.807) is 4.90 Å². The van der Waals surface area contributed by atoms with Crippen LogP contribution in [0.15, 0.2) is 24.3 Å². The second-order valence-corrected chi connectivity index (χ2v) is 7.41. The maximum atomic E-state index is 12.5. The smallest absolute Gasteiger partial charge is 0.227 e. The van der Waals surface area contributed by atoms with E-state index < -0.39 is 0 Å². The van der Waals surface area contributed by atoms with Gasteiger partial charge in [-0.2, -0.15) is 0 Å². The Kier molecular flexibility index (Phi) is 5.61. The molecule has 2 fully saturated rings. The van der Waals surface area contributed by atoms with Gasteiger partial charge in [-0.1, -0.05) is 19.3 Å². The first-order chi connectivity index (χ1) is 12.0. The fourth-order valence-corrected chi connectivity index (χ4v) is 3.68. The third-order valence-corrected chi connectivity index (χ3v) is 4.97. The molecule has 0 bridgehead atoms. The number of rotatable bonds is 5. The number of hydrogen-bond donors (Lipinski definition) is 1. The van der Waals surface area contributed by atoms with Crippen molar-refractivity contribution >= 4 is 17.5 Å². The Bertz CT molecular complexity index is 606. The maximum Gasteiger partial charge on any atom is 0.227 e. The van der Waals surface area contributed by atoms with Gasteiger partial charge in [0.05, 0.1) is 12.0 Å². The normalized spacial score (nSPS) is 21.6. The number of nitrogens with zero attached hydrogens (tertiary/aromatic N) is 1. The summed E-state index contributed by atoms with van der Waals surface area (Å²) in [5.74, 6) is 0.585. The van der Waals surface area contributed by atoms with Crippen LogP contribution in [0, 0.1) is 5.92 Å². The fourth-order valence-electron chi connectivity index (χ4n) is 3.68. The topological polar surface area (TPSA) is 58.6 Å². The van der Waals surface area contributed by atoms with Crippen LogP contribution in [0.25, 0.3) is 0 Å². The van der Waals surface area contributed by atoms with Crippen LogP contribution in [0.1, 0.15) is 52.4 Å². The fraction of sp³-hybridized carbons (Fsp3) is 0.600. The summed E-state index contributed by atoms with van der Waals surface area (Å²) in [6.45, 7) is 4.42. The minimum Gasteiger partial charge on any atom is -0.491 e. The number of amides is 2. The molecule has 1 heterocycles. The van der Waals surface area contributed by atoms with Crippen LogP contribution >= 0.6 is 0 Å². The molecule has 2 amide bonds. The second-order valence-electron chi connectivity index (χ2n) is 7.41. The molecule has 1 N–H and O–H groups in total. The zero-order valence-corrected chi connectivity index (χ0v) is 15.2. The Labute approximate surface area is 149 Å². The van der Waals surface area contributed by atoms with Gasteiger partial charge < -0.3 is 15.0 Å². The lowest BCUT2D eigenvalue weighted by Gasteiger charge is -2.24. The van der Waals surface area contributed by atoms with Crippen molar-refractivity contribution in [1.29, 1.82) is 0 Å². The van der Waals surface area contributed by atoms with Gasteiger partial charge in [0.25, 0.3) is 0 Å². The van der Waals surface area contributed by atoms with Crippen LogP contribution in [0.2, 0.25) is 0 Å². The summed E-state index contributed by atoms with van der Waals surface area (Å²) < 4.78 is 5.64. The summed E-state index contributed by atoms with van der Waals surface area (Å²) in [5, 5.41) is 3.15. The highest BCUT2D eigenvalue weighted by Crippen LogP contribution is 2.28. The molecule has 136 valence electrons. The molecule has 5 nitrogen and oxygen atoms in total. The van der Waals surface area contributed by atoms with E-state index in [4.69, 9.17) is 4.74 Å². The van der Waals surface area contributed by atoms with Gasteiger partial charge in [-0.15, -0.1) is 0 Å². The van der Waals surface area contributed by atoms with Gasteiger partial charge in [0.1, 0.15) is 5.75 Å². The summed E-state index contributed by atoms with van der Waals surface area (Å²) in [4.78, 5) is 26.6. The van der Waals surface area contributed by atoms with E-state index in [1.165, 1.54) is 19.3 Å². The van der Waals surface area contributed by atoms with Crippen molar-refractivity contribution in [3.63, 3.8) is 0 Å². The average molecular weight is 344 g/mol. The Morgan fingerprint density at radius 3 is 2.48 bits per heavy atom. The number of benzene rings is 1. The number of carbonyl (C=O) groups is 2. The molecule has 3 rings (SSSR count). The first kappa shape index (κ1) is 17.8. The van der Waals surface area contributed by atoms with Crippen molar-refractivity contribution in [1.82, 2.24) is 5.32 Å². The quantitative estimate of drug-likeness (QED) is 0.892. The van der Waals surface area contributed by atoms with Crippen LogP contribution in [-0.2, 0) is 9.59 Å². The summed E-state index contributed by atoms with van der Waals surface area (Å²) >= 11 is 0. The summed E-state index contributed by atoms with van der Waals surface area (Å²) in [6.07, 6.45) is 6.17. The largest absolute Gasteiger partial charge is 0.491 e. The van der Waals surface area contributed by atoms with E-state index in [1.807, 2.05) is 38.1 Å². The first-order valence-corrected chi connectivity index (χ1v) is 9.40. The van der Waals surface area contributed by atoms with E-state index in [9.17, 15) is 9.59 Å². The Balaban J connectivity index is 1.58. The summed E-state index contributed by atoms with van der Waals surface area (Å²) in [5.41, 5.74) is 0.828. The van der Waals surface area contributed by atoms with Gasteiger partial charge in [0.15, 0.2) is 0 Å². The summed E-state index contributed by atoms with van der Waals surface area (Å²) in [7, 11) is 0. The van der Waals surface area contributed by atoms with E-state index >= 15 is 0 Å². The highest BCUT2D eigenvalue weighted by atomic mass is 16.5. The molecule has 1 aliphatic heterocycles. The average Bonchev–Trinajstić information content (AvgIpc) is 2.98. The van der Waals surface area contributed by atoms with Crippen molar-refractivity contribution in [2.24, 2.45) is 5.92 Å². The lowest BCUT2D eigenvalue weighted by molar-refractivity contribution is -0.127. The van der Waals surface area contributed by atoms with Crippen LogP contribution < -0.4 is 15.0 Å². The van der Waals surface area contributed by atoms with Crippen LogP contribution in [0.3, 0.4) is 0 Å². The molecule has 0 aromatic heterocycles. The van der Waals surface area contributed by atoms with E-state index in [0.29, 0.717) is 13.0 Å². The number of carbonyl (C=O) groups excluding carboxylic acids is 2. The molecular weight excluding hydrogens is 316 g/mol. The summed E-state index contributed by atoms with van der Waals surface area (Å²) in [6, 6.07) is 7.81. The molecule has 1 atom stereocenters. The Hall–Kier alpha value is -2.04. The monoisotopic (exact) mass is 344 g/mol. The van der Waals surface area contributed by atoms with Gasteiger partial charge in [-0.05, 0) is 51.0 Å². The lowest BCUT2D eigenvalue weighted by atomic mass is 9.95. The van der Waals surface area contributed by atoms with E-state index in [2.05, 4.69) is 5.32 Å². The molecule has 1 aliphatic carbocycles. The number of anilines is 1. The van der Waals surface area contributed by atoms with Crippen molar-refractivity contribution in [2.45, 2.75) is 64.5 Å². The van der Waals surface area contributed by atoms with E-state index in [-0.39, 0.29) is 29.9 Å². The van der Waals surface area contributed by atoms with Gasteiger partial charge in [0.2, 0.25) is 11.8 Å². The molecule has 5 heteroatoms. The third kappa shape index (κ3) is 4.53. The van der Waals surface area contributed by atoms with Gasteiger partial charge in [-0.3, -0.25) is 9.59 Å². The van der Waals surface area contributed by atoms with Crippen LogP contribution in [0.5, 0.6) is 5.75 Å². The molecule has 1 aromatic carbocycles. The molecule has 2 aliphatic rings. The number of ether oxygens (including phenoxy) is 1. The van der Waals surface area contributed by atoms with Gasteiger partial charge in [0, 0.05) is 24.7 Å². The zero-order valence-electron chi connectivity index (χ0n) is 15.2. The predicted octanol–water partition coefficient (Wildman–Crippen LogP) is 3.28. The standard InChI is InChI=1S/C20H28N2O3/c1-14(2)25-18-10-8-17(9-11-18)22-13-15(12-19(22)23)20(24)21-16-6-4-3-5-7-16/h8-11,14-16H,3-7,12-13H2,1-2H3,(H,21,24)/t15-/m0/s1. The minimum atomic E-state index is -0.249. The van der Waals surface area contributed by atoms with Crippen molar-refractivity contribution < 1.29 is 14.3 Å². The third-order valence-electron chi connectivity index (χ3n) is 4.97. The SMILES string of the molecule is CC(C)Oc1ccc(N2C[C@@H](C(=O)NC3CCCCC3)CC2=O)cc1. The van der Waals surface area contributed by atoms with Gasteiger partial charge in [-0.25, -0.2) is 0 Å². The lowest BCUT2D eigenvalue weighted by Crippen LogP contribution is -2.40. The number of hydrogen-bond acceptors (Lipinski definition) is 3. The number of nitrogens with one attached hydrogen (secondary N) is 1. The maximum absolute atomic E-state index is 12.5. The molecule has 1 aromatic rings. The van der Waals surface area contributed by atoms with Crippen LogP contribution in [-0.4, -0.2) is 30.5 Å². The predicted molar refractivity (Wildman–Crippen MR) is 97.7 cm³/mol. The highest BCUT2D eigenvalue weighted by Gasteiger charge is 2.35. The van der Waals surface area contributed by atoms with Crippen molar-refractivity contribution in [3.05, 3.63) is 24.3 Å². The van der Waals surface area contributed by atoms with Gasteiger partial charge >= 0.3 is 0 Å². The second kappa shape index (κ2) is 7.89. The zero-order chi connectivity index (χ0) is 17.8. The van der Waals surface area contributed by atoms with Crippen molar-refractivity contribution in [2.75, 3.05) is 11.4 Å². The highest BCUT2D eigenvalue weighted by molar-refractivity contribution is 6.00. The Morgan fingerprint density at radius 1 is 1.16 bits per heavy atom. The van der Waals surface area contributed by atoms with Crippen molar-refractivity contribution in [3.8, 4) is 5.75 Å². The molecular formula is C20H28N2O3. The molecule has 0 spiro atoms. The molecule has 1 saturated heterocycles.